The van der Waals surface area contributed by atoms with Gasteiger partial charge in [0.2, 0.25) is 5.79 Å². The van der Waals surface area contributed by atoms with Gasteiger partial charge >= 0.3 is 5.97 Å². The zero-order valence-electron chi connectivity index (χ0n) is 39.9. The van der Waals surface area contributed by atoms with E-state index in [9.17, 15) is 34.2 Å². The van der Waals surface area contributed by atoms with E-state index in [1.165, 1.54) is 12.0 Å². The van der Waals surface area contributed by atoms with Crippen molar-refractivity contribution in [3.8, 4) is 0 Å². The first-order valence-electron chi connectivity index (χ1n) is 23.6. The quantitative estimate of drug-likeness (QED) is 0.162. The second-order valence-electron chi connectivity index (χ2n) is 19.1. The number of allylic oxidation sites excluding steroid dienone is 6. The highest BCUT2D eigenvalue weighted by molar-refractivity contribution is 6.39. The van der Waals surface area contributed by atoms with Crippen LogP contribution in [0.15, 0.2) is 47.6 Å². The molecule has 4 rings (SSSR count). The first-order chi connectivity index (χ1) is 30.3. The van der Waals surface area contributed by atoms with Crippen LogP contribution in [0.3, 0.4) is 0 Å². The zero-order valence-corrected chi connectivity index (χ0v) is 39.9. The Morgan fingerprint density at radius 3 is 2.28 bits per heavy atom. The molecule has 4 aliphatic rings. The monoisotopic (exact) mass is 899 g/mol. The predicted octanol–water partition coefficient (Wildman–Crippen LogP) is 5.90. The molecule has 14 heteroatoms. The Morgan fingerprint density at radius 2 is 1.59 bits per heavy atom. The number of nitrogens with zero attached hydrogens (tertiary/aromatic N) is 1. The second kappa shape index (κ2) is 25.0. The summed E-state index contributed by atoms with van der Waals surface area (Å²) in [7, 11) is 4.64. The molecule has 0 aromatic rings. The van der Waals surface area contributed by atoms with E-state index in [0.29, 0.717) is 50.5 Å². The highest BCUT2D eigenvalue weighted by atomic mass is 16.6. The van der Waals surface area contributed by atoms with Gasteiger partial charge in [0.1, 0.15) is 30.1 Å². The number of Topliss-reactive ketones (excluding diaryl/α,β-unsaturated/α-hetero) is 3. The summed E-state index contributed by atoms with van der Waals surface area (Å²) >= 11 is 0. The van der Waals surface area contributed by atoms with Gasteiger partial charge in [-0.25, -0.2) is 4.79 Å². The third-order valence-corrected chi connectivity index (χ3v) is 14.1. The van der Waals surface area contributed by atoms with Gasteiger partial charge in [-0.05, 0) is 94.6 Å². The third-order valence-electron chi connectivity index (χ3n) is 14.1. The van der Waals surface area contributed by atoms with Gasteiger partial charge in [0.15, 0.2) is 5.78 Å². The number of rotatable bonds is 6. The highest BCUT2D eigenvalue weighted by Crippen LogP contribution is 2.37. The number of aliphatic hydroxyl groups is 2. The molecule has 64 heavy (non-hydrogen) atoms. The summed E-state index contributed by atoms with van der Waals surface area (Å²) in [5.41, 5.74) is 8.12. The summed E-state index contributed by atoms with van der Waals surface area (Å²) in [4.78, 5) is 71.6. The van der Waals surface area contributed by atoms with Gasteiger partial charge in [0, 0.05) is 64.5 Å². The van der Waals surface area contributed by atoms with E-state index in [0.717, 1.165) is 31.3 Å². The van der Waals surface area contributed by atoms with Crippen LogP contribution >= 0.6 is 0 Å². The van der Waals surface area contributed by atoms with Gasteiger partial charge in [-0.15, -0.1) is 0 Å². The lowest BCUT2D eigenvalue weighted by molar-refractivity contribution is -0.265. The molecular formula is C50H78N2O12. The average molecular weight is 899 g/mol. The van der Waals surface area contributed by atoms with Gasteiger partial charge < -0.3 is 44.5 Å². The van der Waals surface area contributed by atoms with Crippen LogP contribution in [-0.2, 0) is 47.7 Å². The standard InChI is InChI=1S/C50H78N2O12/c1-30-16-11-10-12-17-31(2)42(61-8)28-38-22-21-35(6)50(59,64-38)47(56)48(57)52-23-14-13-20-40(52)49(58)63-43(39(51)27-36-18-15-19-37(26-36)60-7)29-41(53)32(3)25-34(5)45(55)46(62-9)44(54)33(4)24-30/h10-12,16-17,25,30,32-33,35-40,42-43,45-46,55,59H,13-15,18-24,26-29,51H2,1-9H3/b12-10+,16-11+,31-17+,34-25+/t30-,32-,33-,35-,36-,37+,38+,39-,40+,42+,43?,45-,46+,50-/m1/s1. The number of carbonyl (C=O) groups is 5. The second-order valence-corrected chi connectivity index (χ2v) is 19.1. The summed E-state index contributed by atoms with van der Waals surface area (Å²) in [5.74, 6) is -7.67. The molecule has 3 aliphatic heterocycles. The van der Waals surface area contributed by atoms with Crippen molar-refractivity contribution in [1.29, 1.82) is 0 Å². The lowest BCUT2D eigenvalue weighted by Crippen LogP contribution is -2.61. The molecule has 2 saturated heterocycles. The Hall–Kier alpha value is -3.37. The summed E-state index contributed by atoms with van der Waals surface area (Å²) < 4.78 is 29.3. The van der Waals surface area contributed by atoms with Crippen molar-refractivity contribution in [2.75, 3.05) is 27.9 Å². The maximum atomic E-state index is 14.3. The number of ketones is 3. The molecule has 1 saturated carbocycles. The summed E-state index contributed by atoms with van der Waals surface area (Å²) in [5, 5.41) is 23.3. The van der Waals surface area contributed by atoms with E-state index in [1.54, 1.807) is 41.1 Å². The van der Waals surface area contributed by atoms with Gasteiger partial charge in [-0.2, -0.15) is 0 Å². The van der Waals surface area contributed by atoms with Crippen molar-refractivity contribution in [3.63, 3.8) is 0 Å². The fourth-order valence-corrected chi connectivity index (χ4v) is 9.90. The van der Waals surface area contributed by atoms with Crippen molar-refractivity contribution in [3.05, 3.63) is 47.6 Å². The molecule has 360 valence electrons. The average Bonchev–Trinajstić information content (AvgIpc) is 3.27. The first-order valence-corrected chi connectivity index (χ1v) is 23.6. The van der Waals surface area contributed by atoms with Crippen molar-refractivity contribution < 1.29 is 57.9 Å². The Labute approximate surface area is 381 Å². The highest BCUT2D eigenvalue weighted by Gasteiger charge is 2.53. The normalized spacial score (nSPS) is 39.7. The molecule has 1 unspecified atom stereocenters. The van der Waals surface area contributed by atoms with E-state index in [2.05, 4.69) is 0 Å². The van der Waals surface area contributed by atoms with Crippen molar-refractivity contribution >= 4 is 29.2 Å². The number of ether oxygens (including phenoxy) is 5. The predicted molar refractivity (Wildman–Crippen MR) is 243 cm³/mol. The maximum absolute atomic E-state index is 14.3. The number of esters is 1. The molecule has 0 aromatic heterocycles. The maximum Gasteiger partial charge on any atom is 0.329 e. The zero-order chi connectivity index (χ0) is 47.3. The molecule has 1 aliphatic carbocycles. The van der Waals surface area contributed by atoms with Gasteiger partial charge in [-0.3, -0.25) is 19.2 Å². The Kier molecular flexibility index (Phi) is 20.8. The molecule has 0 radical (unpaired) electrons. The van der Waals surface area contributed by atoms with Gasteiger partial charge in [0.25, 0.3) is 11.7 Å². The van der Waals surface area contributed by atoms with E-state index in [1.807, 2.05) is 51.2 Å². The number of hydrogen-bond donors (Lipinski definition) is 3. The first kappa shape index (κ1) is 53.2. The molecule has 3 heterocycles. The van der Waals surface area contributed by atoms with Crippen LogP contribution in [0.1, 0.15) is 125 Å². The number of cyclic esters (lactones) is 1. The SMILES string of the molecule is CO[C@H]1CCC[C@@H](C[C@@H](N)C2CC(=O)[C@H](C)/C=C(\C)[C@@H](O)[C@@H](OC)C(=O)[C@H](C)C[C@H](C)/C=C/C=C/C=C(\C)[C@@H](OC)C[C@@H]3CC[C@@H](C)[C@@](O)(O3)C(=O)C(=O)N3CCCC[C@H]3C(=O)O2)C1. The molecular weight excluding hydrogens is 821 g/mol. The number of nitrogens with two attached hydrogens (primary N) is 1. The van der Waals surface area contributed by atoms with Gasteiger partial charge in [-0.1, -0.05) is 77.0 Å². The smallest absolute Gasteiger partial charge is 0.329 e. The summed E-state index contributed by atoms with van der Waals surface area (Å²) in [6.07, 6.45) is 13.5. The van der Waals surface area contributed by atoms with Crippen molar-refractivity contribution in [1.82, 2.24) is 4.90 Å². The minimum Gasteiger partial charge on any atom is -0.459 e. The molecule has 14 atom stereocenters. The Morgan fingerprint density at radius 1 is 0.859 bits per heavy atom. The van der Waals surface area contributed by atoms with Crippen molar-refractivity contribution in [2.24, 2.45) is 35.3 Å². The minimum absolute atomic E-state index is 0.0215. The topological polar surface area (TPSA) is 201 Å². The van der Waals surface area contributed by atoms with Crippen molar-refractivity contribution in [2.45, 2.75) is 180 Å². The molecule has 1 amide bonds. The van der Waals surface area contributed by atoms with Crippen LogP contribution in [0.25, 0.3) is 0 Å². The largest absolute Gasteiger partial charge is 0.459 e. The summed E-state index contributed by atoms with van der Waals surface area (Å²) in [6.45, 7) is 10.8. The van der Waals surface area contributed by atoms with Crippen LogP contribution < -0.4 is 5.73 Å². The Balaban J connectivity index is 1.70. The van der Waals surface area contributed by atoms with Crippen LogP contribution in [-0.4, -0.2) is 127 Å². The number of methoxy groups -OCH3 is 3. The van der Waals surface area contributed by atoms with Gasteiger partial charge in [0.05, 0.1) is 18.3 Å². The fourth-order valence-electron chi connectivity index (χ4n) is 9.90. The number of fused-ring (bicyclic) bond motifs is 3. The van der Waals surface area contributed by atoms with E-state index >= 15 is 0 Å². The molecule has 3 fully saturated rings. The fraction of sp³-hybridized carbons (Fsp3) is 0.740. The molecule has 0 spiro atoms. The number of carbonyl (C=O) groups excluding carboxylic acids is 5. The number of hydrogen-bond acceptors (Lipinski definition) is 13. The minimum atomic E-state index is -2.43. The summed E-state index contributed by atoms with van der Waals surface area (Å²) in [6, 6.07) is -1.90. The lowest BCUT2D eigenvalue weighted by Gasteiger charge is -2.42. The third kappa shape index (κ3) is 14.1. The van der Waals surface area contributed by atoms with Crippen LogP contribution in [0.4, 0.5) is 0 Å². The van der Waals surface area contributed by atoms with E-state index in [-0.39, 0.29) is 48.9 Å². The molecule has 14 nitrogen and oxygen atoms in total. The number of piperidine rings is 1. The van der Waals surface area contributed by atoms with Crippen LogP contribution in [0.5, 0.6) is 0 Å². The van der Waals surface area contributed by atoms with E-state index in [4.69, 9.17) is 29.4 Å². The lowest BCUT2D eigenvalue weighted by atomic mass is 9.81. The number of amides is 1. The molecule has 4 N–H and O–H groups in total. The van der Waals surface area contributed by atoms with Crippen LogP contribution in [0.2, 0.25) is 0 Å². The molecule has 0 aromatic carbocycles. The van der Waals surface area contributed by atoms with Crippen LogP contribution in [0, 0.1) is 29.6 Å². The number of aliphatic hydroxyl groups excluding tert-OH is 1. The molecule has 2 bridgehead atoms. The Bertz CT molecular complexity index is 1720. The van der Waals surface area contributed by atoms with E-state index < -0.39 is 83.8 Å².